The van der Waals surface area contributed by atoms with Crippen molar-refractivity contribution in [3.8, 4) is 17.2 Å². The summed E-state index contributed by atoms with van der Waals surface area (Å²) in [6.45, 7) is -0.313. The molecular weight excluding hydrogens is 835 g/mol. The smallest absolute Gasteiger partial charge is 0.163 e. The summed E-state index contributed by atoms with van der Waals surface area (Å²) in [6.07, 6.45) is 13.7. The van der Waals surface area contributed by atoms with Crippen LogP contribution in [0, 0.1) is 11.8 Å². The second-order valence-electron chi connectivity index (χ2n) is 18.7. The molecule has 346 valence electrons. The average molecular weight is 894 g/mol. The van der Waals surface area contributed by atoms with Crippen LogP contribution in [-0.2, 0) is 35.3 Å². The van der Waals surface area contributed by atoms with E-state index in [0.717, 1.165) is 53.5 Å². The maximum absolute atomic E-state index is 15.5. The predicted octanol–water partition coefficient (Wildman–Crippen LogP) is 7.97. The normalized spacial score (nSPS) is 23.5. The molecule has 0 saturated heterocycles. The van der Waals surface area contributed by atoms with Crippen LogP contribution < -0.4 is 9.72 Å². The first kappa shape index (κ1) is 45.2. The summed E-state index contributed by atoms with van der Waals surface area (Å²) in [4.78, 5) is 38.0. The van der Waals surface area contributed by atoms with E-state index >= 15 is 4.79 Å². The number of aryl methyl sites for hydroxylation is 3. The minimum atomic E-state index is -1.40. The van der Waals surface area contributed by atoms with Crippen molar-refractivity contribution >= 4 is 29.5 Å². The Bertz CT molecular complexity index is 2640. The number of aliphatic hydroxyl groups excluding tert-OH is 3. The molecule has 7 N–H and O–H groups in total. The molecule has 0 amide bonds. The van der Waals surface area contributed by atoms with Gasteiger partial charge in [0, 0.05) is 36.7 Å². The van der Waals surface area contributed by atoms with E-state index in [9.17, 15) is 35.4 Å². The highest BCUT2D eigenvalue weighted by Gasteiger charge is 2.43. The van der Waals surface area contributed by atoms with E-state index in [2.05, 4.69) is 9.97 Å². The zero-order chi connectivity index (χ0) is 46.0. The molecular formula is C54H59N3O9-2. The van der Waals surface area contributed by atoms with Gasteiger partial charge in [0.25, 0.3) is 0 Å². The number of nitrogens with zero attached hydrogens (tertiary/aromatic N) is 2. The largest absolute Gasteiger partial charge is 0.664 e. The fraction of sp³-hybridized carbons (Fsp3) is 0.407. The van der Waals surface area contributed by atoms with Crippen molar-refractivity contribution in [3.63, 3.8) is 0 Å². The van der Waals surface area contributed by atoms with Gasteiger partial charge in [0.15, 0.2) is 17.3 Å². The lowest BCUT2D eigenvalue weighted by Gasteiger charge is -2.40. The molecule has 2 aromatic heterocycles. The van der Waals surface area contributed by atoms with E-state index in [1.165, 1.54) is 0 Å². The minimum Gasteiger partial charge on any atom is -0.664 e. The summed E-state index contributed by atoms with van der Waals surface area (Å²) in [7, 11) is 0. The van der Waals surface area contributed by atoms with Crippen molar-refractivity contribution in [2.45, 2.75) is 107 Å². The lowest BCUT2D eigenvalue weighted by molar-refractivity contribution is -0.135. The van der Waals surface area contributed by atoms with E-state index in [4.69, 9.17) is 10.1 Å². The van der Waals surface area contributed by atoms with Gasteiger partial charge in [-0.2, -0.15) is 6.20 Å². The Balaban J connectivity index is 1.14. The van der Waals surface area contributed by atoms with Gasteiger partial charge < -0.3 is 50.7 Å². The van der Waals surface area contributed by atoms with E-state index in [1.54, 1.807) is 48.8 Å². The number of hydrogen-bond acceptors (Lipinski definition) is 9. The topological polar surface area (TPSA) is 209 Å². The SMILES string of the molecule is O=C1CCc2cc(OC3CCCC3)c(O)c(c2)C(O)c2ccc(CCCO)c(c2)Cc2cc[nH]c2[N-]CC2=Cc3[n-]ccc3C(CC3(O)C=Cc4c(O)cccc4CC3)C2C(=O)C1CCO. The third-order valence-corrected chi connectivity index (χ3v) is 14.4. The Kier molecular flexibility index (Phi) is 13.4. The number of ketones is 2. The third-order valence-electron chi connectivity index (χ3n) is 14.4. The van der Waals surface area contributed by atoms with Crippen LogP contribution in [0.2, 0.25) is 0 Å². The molecule has 1 saturated carbocycles. The molecule has 5 unspecified atom stereocenters. The van der Waals surface area contributed by atoms with E-state index in [-0.39, 0.29) is 79.3 Å². The van der Waals surface area contributed by atoms with Crippen LogP contribution in [0.3, 0.4) is 0 Å². The van der Waals surface area contributed by atoms with Gasteiger partial charge in [-0.25, -0.2) is 0 Å². The van der Waals surface area contributed by atoms with Gasteiger partial charge in [-0.15, -0.1) is 5.69 Å². The van der Waals surface area contributed by atoms with Crippen molar-refractivity contribution in [1.82, 2.24) is 9.97 Å². The van der Waals surface area contributed by atoms with Gasteiger partial charge in [0.1, 0.15) is 17.6 Å². The second kappa shape index (κ2) is 19.5. The molecule has 12 heteroatoms. The number of phenolic OH excluding ortho intramolecular Hbond substituents is 2. The zero-order valence-electron chi connectivity index (χ0n) is 37.2. The lowest BCUT2D eigenvalue weighted by atomic mass is 9.67. The molecule has 1 fully saturated rings. The number of nitrogens with one attached hydrogen (secondary N) is 1. The number of carbonyl (C=O) groups is 2. The Labute approximate surface area is 385 Å². The fourth-order valence-electron chi connectivity index (χ4n) is 10.8. The van der Waals surface area contributed by atoms with Crippen LogP contribution in [0.25, 0.3) is 17.5 Å². The van der Waals surface area contributed by atoms with Crippen LogP contribution in [0.1, 0.15) is 126 Å². The van der Waals surface area contributed by atoms with Crippen LogP contribution >= 0.6 is 0 Å². The predicted molar refractivity (Wildman–Crippen MR) is 251 cm³/mol. The molecule has 0 spiro atoms. The van der Waals surface area contributed by atoms with Crippen LogP contribution in [0.5, 0.6) is 17.2 Å². The standard InChI is InChI=1S/C54H59N3O9/c58-23-4-6-33-11-12-35-27-37(33)28-36-16-21-56-53(36)57-31-38-29-45-41(17-22-55-45)44(30-54(65)19-14-34-5-3-9-46(60)40(34)15-20-54)49(38)52(64)42(18-24-59)47(61)13-10-32-25-43(50(35)62)51(63)48(26-32)66-39-7-1-2-8-39/h3,5,9,11-12,15-17,20-22,25-27,29,39,42,44,49-50,56,58-60,62-63,65H,1-2,4,6-8,10,13-14,18-19,23-24,28,30-31H2/q-2. The number of H-pyrrole nitrogens is 1. The molecule has 0 radical (unpaired) electrons. The Morgan fingerprint density at radius 2 is 1.74 bits per heavy atom. The quantitative estimate of drug-likeness (QED) is 0.0710. The molecule has 3 heterocycles. The first-order valence-corrected chi connectivity index (χ1v) is 23.5. The molecule has 66 heavy (non-hydrogen) atoms. The third kappa shape index (κ3) is 9.37. The molecule has 5 atom stereocenters. The molecule has 3 aliphatic carbocycles. The number of Topliss-reactive ketones (excluding diaryl/α,β-unsaturated/α-hetero) is 2. The average Bonchev–Trinajstić information content (AvgIpc) is 4.09. The Morgan fingerprint density at radius 3 is 2.56 bits per heavy atom. The number of carbonyl (C=O) groups excluding carboxylic acids is 2. The van der Waals surface area contributed by atoms with Crippen LogP contribution in [-0.4, -0.2) is 78.7 Å². The van der Waals surface area contributed by atoms with Gasteiger partial charge in [0.2, 0.25) is 0 Å². The number of aliphatic hydroxyl groups is 4. The van der Waals surface area contributed by atoms with Crippen molar-refractivity contribution < 1.29 is 45.0 Å². The first-order chi connectivity index (χ1) is 32.0. The number of rotatable bonds is 9. The van der Waals surface area contributed by atoms with Crippen molar-refractivity contribution in [1.29, 1.82) is 0 Å². The maximum atomic E-state index is 15.5. The summed E-state index contributed by atoms with van der Waals surface area (Å²) < 4.78 is 6.39. The summed E-state index contributed by atoms with van der Waals surface area (Å²) in [6, 6.07) is 18.3. The molecule has 1 aliphatic heterocycles. The number of benzene rings is 3. The van der Waals surface area contributed by atoms with Crippen molar-refractivity contribution in [2.75, 3.05) is 19.8 Å². The van der Waals surface area contributed by atoms with Gasteiger partial charge in [-0.1, -0.05) is 83.8 Å². The van der Waals surface area contributed by atoms with E-state index in [0.29, 0.717) is 65.9 Å². The maximum Gasteiger partial charge on any atom is 0.163 e. The number of hydrogen-bond donors (Lipinski definition) is 7. The Hall–Kier alpha value is -5.92. The highest BCUT2D eigenvalue weighted by Crippen LogP contribution is 2.48. The number of phenols is 2. The van der Waals surface area contributed by atoms with Crippen molar-refractivity contribution in [3.05, 3.63) is 146 Å². The van der Waals surface area contributed by atoms with Crippen LogP contribution in [0.15, 0.2) is 84.7 Å². The summed E-state index contributed by atoms with van der Waals surface area (Å²) in [5.74, 6) is -2.66. The number of aromatic nitrogens is 2. The number of aromatic amines is 1. The Morgan fingerprint density at radius 1 is 0.894 bits per heavy atom. The fourth-order valence-corrected chi connectivity index (χ4v) is 10.8. The number of fused-ring (bicyclic) bond motifs is 8. The summed E-state index contributed by atoms with van der Waals surface area (Å²) in [5, 5.41) is 72.4. The van der Waals surface area contributed by atoms with Gasteiger partial charge in [-0.05, 0) is 141 Å². The lowest BCUT2D eigenvalue weighted by Crippen LogP contribution is -2.40. The number of ether oxygens (including phenoxy) is 1. The van der Waals surface area contributed by atoms with Crippen LogP contribution in [0.4, 0.5) is 5.82 Å². The van der Waals surface area contributed by atoms with Gasteiger partial charge >= 0.3 is 0 Å². The molecule has 12 nitrogen and oxygen atoms in total. The molecule has 9 rings (SSSR count). The number of aromatic hydroxyl groups is 2. The highest BCUT2D eigenvalue weighted by atomic mass is 16.5. The molecule has 4 bridgehead atoms. The van der Waals surface area contributed by atoms with Gasteiger partial charge in [0.05, 0.1) is 17.6 Å². The first-order valence-electron chi connectivity index (χ1n) is 23.5. The van der Waals surface area contributed by atoms with E-state index < -0.39 is 36.1 Å². The molecule has 3 aromatic carbocycles. The summed E-state index contributed by atoms with van der Waals surface area (Å²) in [5.41, 5.74) is 6.43. The zero-order valence-corrected chi connectivity index (χ0v) is 37.2. The summed E-state index contributed by atoms with van der Waals surface area (Å²) >= 11 is 0. The second-order valence-corrected chi connectivity index (χ2v) is 18.7. The van der Waals surface area contributed by atoms with Crippen molar-refractivity contribution in [2.24, 2.45) is 11.8 Å². The highest BCUT2D eigenvalue weighted by molar-refractivity contribution is 6.05. The minimum absolute atomic E-state index is 0.0154. The molecule has 4 aliphatic rings. The monoisotopic (exact) mass is 893 g/mol. The van der Waals surface area contributed by atoms with Gasteiger partial charge in [-0.3, -0.25) is 9.59 Å². The van der Waals surface area contributed by atoms with E-state index in [1.807, 2.05) is 42.5 Å². The molecule has 5 aromatic rings.